The van der Waals surface area contributed by atoms with E-state index in [0.717, 1.165) is 11.1 Å². The first-order valence-electron chi connectivity index (χ1n) is 7.57. The van der Waals surface area contributed by atoms with E-state index in [-0.39, 0.29) is 29.0 Å². The van der Waals surface area contributed by atoms with Crippen LogP contribution in [0.15, 0.2) is 34.4 Å². The summed E-state index contributed by atoms with van der Waals surface area (Å²) in [5.41, 5.74) is 2.18. The second-order valence-electron chi connectivity index (χ2n) is 5.63. The minimum Gasteiger partial charge on any atom is -0.504 e. The first-order valence-corrected chi connectivity index (χ1v) is 8.36. The molecule has 7 heteroatoms. The van der Waals surface area contributed by atoms with Gasteiger partial charge in [0.2, 0.25) is 0 Å². The molecule has 1 aromatic carbocycles. The molecule has 1 aliphatic rings. The largest absolute Gasteiger partial charge is 0.504 e. The van der Waals surface area contributed by atoms with E-state index in [1.165, 1.54) is 18.2 Å². The van der Waals surface area contributed by atoms with Gasteiger partial charge >= 0.3 is 0 Å². The Bertz CT molecular complexity index is 898. The number of aromatic hydroxyl groups is 1. The van der Waals surface area contributed by atoms with Crippen molar-refractivity contribution < 1.29 is 14.3 Å². The lowest BCUT2D eigenvalue weighted by Gasteiger charge is -2.16. The number of nitrogens with one attached hydrogen (secondary N) is 1. The van der Waals surface area contributed by atoms with Crippen molar-refractivity contribution in [3.8, 4) is 5.75 Å². The summed E-state index contributed by atoms with van der Waals surface area (Å²) in [7, 11) is 0. The third-order valence-electron chi connectivity index (χ3n) is 4.20. The Hall–Kier alpha value is -2.54. The average Bonchev–Trinajstić information content (AvgIpc) is 2.97. The lowest BCUT2D eigenvalue weighted by Crippen LogP contribution is -2.28. The number of amides is 1. The van der Waals surface area contributed by atoms with Crippen molar-refractivity contribution in [2.24, 2.45) is 4.99 Å². The van der Waals surface area contributed by atoms with Crippen molar-refractivity contribution in [1.29, 1.82) is 0 Å². The predicted molar refractivity (Wildman–Crippen MR) is 97.8 cm³/mol. The predicted octanol–water partition coefficient (Wildman–Crippen LogP) is 4.08. The number of pyridine rings is 1. The summed E-state index contributed by atoms with van der Waals surface area (Å²) in [6, 6.07) is 4.26. The first kappa shape index (κ1) is 17.3. The van der Waals surface area contributed by atoms with Crippen LogP contribution in [0.1, 0.15) is 39.6 Å². The molecule has 1 amide bonds. The maximum atomic E-state index is 13.3. The topological polar surface area (TPSA) is 74.6 Å². The number of aliphatic imine (C=N–C) groups is 1. The molecular weight excluding hydrogens is 389 g/mol. The zero-order valence-corrected chi connectivity index (χ0v) is 14.8. The van der Waals surface area contributed by atoms with Crippen LogP contribution in [0.4, 0.5) is 10.1 Å². The quantitative estimate of drug-likeness (QED) is 0.596. The second-order valence-corrected chi connectivity index (χ2v) is 6.38. The number of hydrogen-bond acceptors (Lipinski definition) is 4. The molecule has 1 unspecified atom stereocenters. The number of benzene rings is 1. The molecule has 2 N–H and O–H groups in total. The van der Waals surface area contributed by atoms with Gasteiger partial charge in [0.1, 0.15) is 16.1 Å². The molecule has 0 aliphatic heterocycles. The smallest absolute Gasteiger partial charge is 0.274 e. The summed E-state index contributed by atoms with van der Waals surface area (Å²) in [6.07, 6.45) is 2.80. The van der Waals surface area contributed by atoms with Gasteiger partial charge in [-0.05, 0) is 58.7 Å². The normalized spacial score (nSPS) is 15.5. The average molecular weight is 404 g/mol. The number of carbonyl (C=O) groups excluding carboxylic acids is 1. The molecule has 25 heavy (non-hydrogen) atoms. The van der Waals surface area contributed by atoms with Crippen LogP contribution in [0.2, 0.25) is 0 Å². The molecule has 1 heterocycles. The van der Waals surface area contributed by atoms with Crippen LogP contribution >= 0.6 is 15.9 Å². The van der Waals surface area contributed by atoms with Gasteiger partial charge in [-0.15, -0.1) is 0 Å². The van der Waals surface area contributed by atoms with E-state index in [1.807, 2.05) is 0 Å². The van der Waals surface area contributed by atoms with Gasteiger partial charge in [-0.1, -0.05) is 18.7 Å². The van der Waals surface area contributed by atoms with Gasteiger partial charge in [0.25, 0.3) is 5.91 Å². The monoisotopic (exact) mass is 403 g/mol. The van der Waals surface area contributed by atoms with E-state index in [1.54, 1.807) is 6.07 Å². The van der Waals surface area contributed by atoms with Gasteiger partial charge in [-0.2, -0.15) is 0 Å². The van der Waals surface area contributed by atoms with Crippen molar-refractivity contribution in [2.75, 3.05) is 0 Å². The van der Waals surface area contributed by atoms with Crippen LogP contribution in [0.3, 0.4) is 0 Å². The van der Waals surface area contributed by atoms with E-state index in [4.69, 9.17) is 0 Å². The molecule has 0 spiro atoms. The molecule has 1 atom stereocenters. The van der Waals surface area contributed by atoms with Gasteiger partial charge < -0.3 is 10.4 Å². The molecule has 5 nitrogen and oxygen atoms in total. The molecule has 128 valence electrons. The Balaban J connectivity index is 1.92. The lowest BCUT2D eigenvalue weighted by atomic mass is 10.1. The van der Waals surface area contributed by atoms with Gasteiger partial charge in [0, 0.05) is 5.56 Å². The Morgan fingerprint density at radius 3 is 2.96 bits per heavy atom. The highest BCUT2D eigenvalue weighted by atomic mass is 79.9. The Labute approximate surface area is 152 Å². The third kappa shape index (κ3) is 3.07. The molecule has 0 bridgehead atoms. The summed E-state index contributed by atoms with van der Waals surface area (Å²) < 4.78 is 13.6. The Morgan fingerprint density at radius 1 is 1.52 bits per heavy atom. The van der Waals surface area contributed by atoms with Crippen LogP contribution in [0.25, 0.3) is 6.08 Å². The van der Waals surface area contributed by atoms with Crippen molar-refractivity contribution in [3.63, 3.8) is 0 Å². The van der Waals surface area contributed by atoms with E-state index in [0.29, 0.717) is 23.0 Å². The van der Waals surface area contributed by atoms with Gasteiger partial charge in [-0.25, -0.2) is 9.37 Å². The molecule has 3 rings (SSSR count). The maximum Gasteiger partial charge on any atom is 0.274 e. The Kier molecular flexibility index (Phi) is 4.67. The molecule has 2 aromatic rings. The summed E-state index contributed by atoms with van der Waals surface area (Å²) in [4.78, 5) is 20.5. The SMILES string of the molecule is C=Cc1c(Br)nc(C(=O)NC2CCc3cc(F)ccc32)c(O)c1N=C. The van der Waals surface area contributed by atoms with E-state index < -0.39 is 5.91 Å². The number of carbonyl (C=O) groups is 1. The second kappa shape index (κ2) is 6.76. The fourth-order valence-electron chi connectivity index (χ4n) is 3.01. The van der Waals surface area contributed by atoms with Crippen molar-refractivity contribution >= 4 is 40.3 Å². The number of rotatable bonds is 4. The van der Waals surface area contributed by atoms with Crippen LogP contribution in [-0.2, 0) is 6.42 Å². The molecule has 1 aliphatic carbocycles. The summed E-state index contributed by atoms with van der Waals surface area (Å²) in [5, 5.41) is 13.2. The first-order chi connectivity index (χ1) is 12.0. The lowest BCUT2D eigenvalue weighted by molar-refractivity contribution is 0.0928. The number of nitrogens with zero attached hydrogens (tertiary/aromatic N) is 2. The molecule has 0 fully saturated rings. The zero-order valence-electron chi connectivity index (χ0n) is 13.2. The third-order valence-corrected chi connectivity index (χ3v) is 4.81. The minimum atomic E-state index is -0.541. The van der Waals surface area contributed by atoms with E-state index in [2.05, 4.69) is 44.5 Å². The van der Waals surface area contributed by atoms with Crippen molar-refractivity contribution in [2.45, 2.75) is 18.9 Å². The van der Waals surface area contributed by atoms with Crippen LogP contribution < -0.4 is 5.32 Å². The summed E-state index contributed by atoms with van der Waals surface area (Å²) in [6.45, 7) is 7.04. The van der Waals surface area contributed by atoms with Crippen molar-refractivity contribution in [1.82, 2.24) is 10.3 Å². The number of aryl methyl sites for hydroxylation is 1. The minimum absolute atomic E-state index is 0.135. The van der Waals surface area contributed by atoms with E-state index >= 15 is 0 Å². The highest BCUT2D eigenvalue weighted by Gasteiger charge is 2.27. The van der Waals surface area contributed by atoms with Gasteiger partial charge in [-0.3, -0.25) is 9.79 Å². The molecular formula is C18H15BrFN3O2. The highest BCUT2D eigenvalue weighted by Crippen LogP contribution is 2.38. The fraction of sp³-hybridized carbons (Fsp3) is 0.167. The van der Waals surface area contributed by atoms with E-state index in [9.17, 15) is 14.3 Å². The van der Waals surface area contributed by atoms with Crippen LogP contribution in [0.5, 0.6) is 5.75 Å². The Morgan fingerprint density at radius 2 is 2.28 bits per heavy atom. The van der Waals surface area contributed by atoms with Crippen LogP contribution in [0, 0.1) is 5.82 Å². The standard InChI is InChI=1S/C18H15BrFN3O2/c1-3-11-14(21-2)16(24)15(23-17(11)19)18(25)22-13-7-4-9-8-10(20)5-6-12(9)13/h3,5-6,8,13,24H,1-2,4,7H2,(H,22,25). The number of fused-ring (bicyclic) bond motifs is 1. The number of halogens is 2. The molecule has 0 saturated carbocycles. The number of aromatic nitrogens is 1. The molecule has 0 radical (unpaired) electrons. The van der Waals surface area contributed by atoms with Crippen molar-refractivity contribution in [3.05, 3.63) is 57.6 Å². The highest BCUT2D eigenvalue weighted by molar-refractivity contribution is 9.10. The fourth-order valence-corrected chi connectivity index (χ4v) is 3.54. The zero-order chi connectivity index (χ0) is 18.1. The maximum absolute atomic E-state index is 13.3. The van der Waals surface area contributed by atoms with Gasteiger partial charge in [0.05, 0.1) is 6.04 Å². The molecule has 1 aromatic heterocycles. The van der Waals surface area contributed by atoms with Gasteiger partial charge in [0.15, 0.2) is 11.4 Å². The number of hydrogen-bond donors (Lipinski definition) is 2. The van der Waals surface area contributed by atoms with Crippen LogP contribution in [-0.4, -0.2) is 22.7 Å². The molecule has 0 saturated heterocycles. The summed E-state index contributed by atoms with van der Waals surface area (Å²) >= 11 is 3.24. The summed E-state index contributed by atoms with van der Waals surface area (Å²) in [5.74, 6) is -1.19.